The fraction of sp³-hybridized carbons (Fsp3) is 0.512. The van der Waals surface area contributed by atoms with Crippen molar-refractivity contribution < 1.29 is 33.3 Å². The van der Waals surface area contributed by atoms with Gasteiger partial charge in [0.1, 0.15) is 30.8 Å². The first-order valence-corrected chi connectivity index (χ1v) is 18.6. The summed E-state index contributed by atoms with van der Waals surface area (Å²) in [4.78, 5) is 31.9. The molecule has 0 spiro atoms. The summed E-state index contributed by atoms with van der Waals surface area (Å²) in [6.07, 6.45) is 5.05. The number of hydrogen-bond donors (Lipinski definition) is 0. The molecule has 2 saturated heterocycles. The van der Waals surface area contributed by atoms with Gasteiger partial charge in [-0.15, -0.1) is 0 Å². The molecule has 1 aliphatic carbocycles. The van der Waals surface area contributed by atoms with E-state index in [-0.39, 0.29) is 36.7 Å². The fourth-order valence-electron chi connectivity index (χ4n) is 7.42. The quantitative estimate of drug-likeness (QED) is 0.179. The minimum Gasteiger partial charge on any atom is -0.490 e. The normalized spacial score (nSPS) is 21.6. The first-order valence-electron chi connectivity index (χ1n) is 18.6. The van der Waals surface area contributed by atoms with Gasteiger partial charge in [-0.3, -0.25) is 4.79 Å². The van der Waals surface area contributed by atoms with Gasteiger partial charge in [-0.25, -0.2) is 4.79 Å². The second-order valence-corrected chi connectivity index (χ2v) is 14.3. The number of nitrogens with zero attached hydrogens (tertiary/aromatic N) is 3. The number of amides is 2. The molecule has 10 heteroatoms. The molecule has 272 valence electrons. The molecule has 1 saturated carbocycles. The largest absolute Gasteiger partial charge is 0.490 e. The molecule has 10 nitrogen and oxygen atoms in total. The van der Waals surface area contributed by atoms with E-state index in [1.807, 2.05) is 53.4 Å². The molecule has 4 aliphatic rings. The van der Waals surface area contributed by atoms with Crippen LogP contribution in [-0.4, -0.2) is 93.6 Å². The molecular formula is C41H51N3O7. The van der Waals surface area contributed by atoms with Crippen molar-refractivity contribution in [3.05, 3.63) is 89.5 Å². The van der Waals surface area contributed by atoms with E-state index in [0.717, 1.165) is 79.4 Å². The number of piperidine rings is 1. The van der Waals surface area contributed by atoms with E-state index in [9.17, 15) is 9.59 Å². The molecular weight excluding hydrogens is 646 g/mol. The third-order valence-corrected chi connectivity index (χ3v) is 10.5. The highest BCUT2D eigenvalue weighted by atomic mass is 16.6. The second-order valence-electron chi connectivity index (χ2n) is 14.3. The van der Waals surface area contributed by atoms with Crippen LogP contribution in [0.15, 0.2) is 72.8 Å². The number of anilines is 1. The smallest absolute Gasteiger partial charge is 0.410 e. The van der Waals surface area contributed by atoms with Gasteiger partial charge in [0.05, 0.1) is 38.0 Å². The Morgan fingerprint density at radius 3 is 2.47 bits per heavy atom. The molecule has 3 aliphatic heterocycles. The van der Waals surface area contributed by atoms with Crippen LogP contribution in [0.2, 0.25) is 0 Å². The molecule has 2 amide bonds. The molecule has 3 aromatic carbocycles. The number of hydrogen-bond acceptors (Lipinski definition) is 8. The molecule has 3 aromatic rings. The molecule has 0 aromatic heterocycles. The van der Waals surface area contributed by atoms with Crippen molar-refractivity contribution in [1.29, 1.82) is 0 Å². The van der Waals surface area contributed by atoms with Gasteiger partial charge in [0, 0.05) is 52.1 Å². The van der Waals surface area contributed by atoms with Crippen LogP contribution >= 0.6 is 0 Å². The molecule has 3 heterocycles. The second kappa shape index (κ2) is 16.8. The van der Waals surface area contributed by atoms with Gasteiger partial charge >= 0.3 is 6.09 Å². The van der Waals surface area contributed by atoms with Gasteiger partial charge < -0.3 is 38.4 Å². The Labute approximate surface area is 301 Å². The first kappa shape index (κ1) is 35.1. The Hall–Kier alpha value is -4.28. The molecule has 0 N–H and O–H groups in total. The van der Waals surface area contributed by atoms with E-state index in [2.05, 4.69) is 29.2 Å². The average molecular weight is 698 g/mol. The number of ether oxygens (including phenoxy) is 5. The van der Waals surface area contributed by atoms with Gasteiger partial charge in [-0.05, 0) is 72.6 Å². The molecule has 3 atom stereocenters. The van der Waals surface area contributed by atoms with E-state index >= 15 is 0 Å². The summed E-state index contributed by atoms with van der Waals surface area (Å²) in [6, 6.07) is 24.3. The van der Waals surface area contributed by atoms with Crippen LogP contribution in [-0.2, 0) is 32.2 Å². The highest BCUT2D eigenvalue weighted by molar-refractivity contribution is 5.77. The summed E-state index contributed by atoms with van der Waals surface area (Å²) in [7, 11) is 1.73. The lowest BCUT2D eigenvalue weighted by molar-refractivity contribution is -0.130. The standard InChI is InChI=1S/C41H51N3O7/c1-47-22-5-18-42-21-23-48-38-15-10-32(24-37(38)42)29-49-39-27-44(41(46)50-28-31-6-3-2-4-7-31)20-17-36(39)33-11-13-34(14-12-33)51-35-16-19-43(26-35)40(45)25-30-8-9-30/h2-4,6-7,10-15,24,30,35-36,39H,5,8-9,16-23,25-29H2,1H3. The van der Waals surface area contributed by atoms with Crippen LogP contribution in [0.3, 0.4) is 0 Å². The summed E-state index contributed by atoms with van der Waals surface area (Å²) in [5.41, 5.74) is 4.25. The lowest BCUT2D eigenvalue weighted by Crippen LogP contribution is -2.47. The number of carbonyl (C=O) groups excluding carboxylic acids is 2. The van der Waals surface area contributed by atoms with Crippen LogP contribution < -0.4 is 14.4 Å². The maximum absolute atomic E-state index is 13.2. The SMILES string of the molecule is COCCCN1CCOc2ccc(COC3CN(C(=O)OCc4ccccc4)CCC3c3ccc(OC4CCN(C(=O)CC5CC5)C4)cc3)cc21. The van der Waals surface area contributed by atoms with Gasteiger partial charge in [-0.2, -0.15) is 0 Å². The van der Waals surface area contributed by atoms with Crippen molar-refractivity contribution in [2.45, 2.75) is 69.9 Å². The lowest BCUT2D eigenvalue weighted by Gasteiger charge is -2.38. The summed E-state index contributed by atoms with van der Waals surface area (Å²) in [5.74, 6) is 2.65. The average Bonchev–Trinajstić information content (AvgIpc) is 3.86. The van der Waals surface area contributed by atoms with Gasteiger partial charge in [-0.1, -0.05) is 48.5 Å². The highest BCUT2D eigenvalue weighted by Gasteiger charge is 2.35. The molecule has 0 bridgehead atoms. The van der Waals surface area contributed by atoms with Gasteiger partial charge in [0.25, 0.3) is 0 Å². The third-order valence-electron chi connectivity index (χ3n) is 10.5. The molecule has 7 rings (SSSR count). The van der Waals surface area contributed by atoms with Crippen LogP contribution in [0.4, 0.5) is 10.5 Å². The van der Waals surface area contributed by atoms with Crippen LogP contribution in [0.5, 0.6) is 11.5 Å². The van der Waals surface area contributed by atoms with Crippen molar-refractivity contribution in [2.24, 2.45) is 5.92 Å². The van der Waals surface area contributed by atoms with E-state index in [1.54, 1.807) is 12.0 Å². The number of fused-ring (bicyclic) bond motifs is 1. The van der Waals surface area contributed by atoms with Crippen LogP contribution in [0.25, 0.3) is 0 Å². The number of rotatable bonds is 14. The Balaban J connectivity index is 1.01. The van der Waals surface area contributed by atoms with E-state index in [0.29, 0.717) is 45.2 Å². The maximum atomic E-state index is 13.2. The molecule has 3 unspecified atom stereocenters. The van der Waals surface area contributed by atoms with Crippen molar-refractivity contribution >= 4 is 17.7 Å². The van der Waals surface area contributed by atoms with Crippen molar-refractivity contribution in [3.63, 3.8) is 0 Å². The first-order chi connectivity index (χ1) is 25.0. The summed E-state index contributed by atoms with van der Waals surface area (Å²) >= 11 is 0. The lowest BCUT2D eigenvalue weighted by atomic mass is 9.87. The van der Waals surface area contributed by atoms with Crippen LogP contribution in [0.1, 0.15) is 61.1 Å². The summed E-state index contributed by atoms with van der Waals surface area (Å²) in [6.45, 7) is 6.19. The third kappa shape index (κ3) is 9.34. The highest BCUT2D eigenvalue weighted by Crippen LogP contribution is 2.36. The Bertz CT molecular complexity index is 1600. The fourth-order valence-corrected chi connectivity index (χ4v) is 7.42. The number of carbonyl (C=O) groups is 2. The summed E-state index contributed by atoms with van der Waals surface area (Å²) < 4.78 is 30.0. The van der Waals surface area contributed by atoms with Crippen molar-refractivity contribution in [2.75, 3.05) is 64.5 Å². The molecule has 0 radical (unpaired) electrons. The molecule has 51 heavy (non-hydrogen) atoms. The van der Waals surface area contributed by atoms with Gasteiger partial charge in [0.15, 0.2) is 0 Å². The van der Waals surface area contributed by atoms with Crippen LogP contribution in [0, 0.1) is 5.92 Å². The molecule has 3 fully saturated rings. The minimum atomic E-state index is -0.325. The van der Waals surface area contributed by atoms with Crippen molar-refractivity contribution in [1.82, 2.24) is 9.80 Å². The topological polar surface area (TPSA) is 90.0 Å². The Morgan fingerprint density at radius 1 is 0.843 bits per heavy atom. The summed E-state index contributed by atoms with van der Waals surface area (Å²) in [5, 5.41) is 0. The minimum absolute atomic E-state index is 0.0122. The predicted molar refractivity (Wildman–Crippen MR) is 194 cm³/mol. The van der Waals surface area contributed by atoms with E-state index in [4.69, 9.17) is 23.7 Å². The van der Waals surface area contributed by atoms with E-state index < -0.39 is 0 Å². The number of likely N-dealkylation sites (tertiary alicyclic amines) is 2. The number of methoxy groups -OCH3 is 1. The number of benzene rings is 3. The zero-order valence-electron chi connectivity index (χ0n) is 29.8. The predicted octanol–water partition coefficient (Wildman–Crippen LogP) is 6.41. The zero-order chi connectivity index (χ0) is 35.0. The Kier molecular flexibility index (Phi) is 11.6. The van der Waals surface area contributed by atoms with Gasteiger partial charge in [0.2, 0.25) is 5.91 Å². The Morgan fingerprint density at radius 2 is 1.67 bits per heavy atom. The van der Waals surface area contributed by atoms with Crippen molar-refractivity contribution in [3.8, 4) is 11.5 Å². The zero-order valence-corrected chi connectivity index (χ0v) is 29.8. The maximum Gasteiger partial charge on any atom is 0.410 e. The monoisotopic (exact) mass is 697 g/mol. The van der Waals surface area contributed by atoms with E-state index in [1.165, 1.54) is 12.8 Å².